The Morgan fingerprint density at radius 3 is 2.54 bits per heavy atom. The molecule has 0 bridgehead atoms. The molecule has 0 atom stereocenters. The van der Waals surface area contributed by atoms with Crippen molar-refractivity contribution in [3.63, 3.8) is 0 Å². The van der Waals surface area contributed by atoms with Crippen LogP contribution in [-0.4, -0.2) is 15.9 Å². The Labute approximate surface area is 169 Å². The highest BCUT2D eigenvalue weighted by molar-refractivity contribution is 6.30. The second-order valence-electron chi connectivity index (χ2n) is 6.98. The fourth-order valence-electron chi connectivity index (χ4n) is 2.63. The van der Waals surface area contributed by atoms with Crippen LogP contribution in [0.2, 0.25) is 5.02 Å². The van der Waals surface area contributed by atoms with E-state index in [1.54, 1.807) is 38.2 Å². The predicted octanol–water partition coefficient (Wildman–Crippen LogP) is 4.77. The topological polar surface area (TPSA) is 78.7 Å². The average molecular weight is 391 g/mol. The van der Waals surface area contributed by atoms with Crippen LogP contribution in [0.4, 0.5) is 5.82 Å². The number of benzene rings is 1. The summed E-state index contributed by atoms with van der Waals surface area (Å²) in [6.45, 7) is 3.56. The summed E-state index contributed by atoms with van der Waals surface area (Å²) in [5.41, 5.74) is 2.44. The Hall–Kier alpha value is -3.23. The molecule has 2 aromatic heterocycles. The summed E-state index contributed by atoms with van der Waals surface area (Å²) >= 11 is 6.01. The van der Waals surface area contributed by atoms with E-state index in [1.165, 1.54) is 6.20 Å². The summed E-state index contributed by atoms with van der Waals surface area (Å²) in [5.74, 6) is 0.158. The first-order chi connectivity index (χ1) is 13.4. The number of carbonyl (C=O) groups excluding carboxylic acids is 1. The fraction of sp³-hybridized carbons (Fsp3) is 0.182. The maximum atomic E-state index is 12.4. The van der Waals surface area contributed by atoms with Crippen LogP contribution in [-0.2, 0) is 11.8 Å². The molecular weight excluding hydrogens is 372 g/mol. The van der Waals surface area contributed by atoms with Crippen molar-refractivity contribution in [3.05, 3.63) is 88.3 Å². The number of halogens is 1. The minimum Gasteiger partial charge on any atom is -0.307 e. The van der Waals surface area contributed by atoms with E-state index in [9.17, 15) is 4.79 Å². The van der Waals surface area contributed by atoms with Crippen LogP contribution < -0.4 is 5.32 Å². The quantitative estimate of drug-likeness (QED) is 0.680. The van der Waals surface area contributed by atoms with Crippen molar-refractivity contribution < 1.29 is 4.79 Å². The normalized spacial score (nSPS) is 10.9. The van der Waals surface area contributed by atoms with Gasteiger partial charge in [0.05, 0.1) is 22.7 Å². The number of nitrogens with zero attached hydrogens (tertiary/aromatic N) is 3. The molecule has 0 unspecified atom stereocenters. The van der Waals surface area contributed by atoms with Gasteiger partial charge in [-0.05, 0) is 61.7 Å². The first-order valence-corrected chi connectivity index (χ1v) is 9.14. The molecule has 0 aliphatic carbocycles. The molecule has 1 aromatic carbocycles. The molecule has 3 rings (SSSR count). The number of carbonyl (C=O) groups is 1. The van der Waals surface area contributed by atoms with E-state index in [4.69, 9.17) is 16.9 Å². The monoisotopic (exact) mass is 390 g/mol. The van der Waals surface area contributed by atoms with Crippen LogP contribution in [0, 0.1) is 11.3 Å². The molecule has 2 heterocycles. The molecular formula is C22H19ClN4O. The second-order valence-corrected chi connectivity index (χ2v) is 7.42. The third-order valence-corrected chi connectivity index (χ3v) is 4.54. The minimum atomic E-state index is -0.699. The van der Waals surface area contributed by atoms with Gasteiger partial charge in [0, 0.05) is 17.4 Å². The maximum absolute atomic E-state index is 12.4. The van der Waals surface area contributed by atoms with E-state index < -0.39 is 5.41 Å². The van der Waals surface area contributed by atoms with Crippen LogP contribution in [0.3, 0.4) is 0 Å². The number of pyridine rings is 2. The highest BCUT2D eigenvalue weighted by atomic mass is 35.5. The Morgan fingerprint density at radius 2 is 1.93 bits per heavy atom. The van der Waals surface area contributed by atoms with Gasteiger partial charge in [-0.15, -0.1) is 0 Å². The molecule has 0 fully saturated rings. The van der Waals surface area contributed by atoms with Crippen LogP contribution in [0.15, 0.2) is 60.9 Å². The van der Waals surface area contributed by atoms with Crippen LogP contribution >= 0.6 is 11.6 Å². The van der Waals surface area contributed by atoms with Gasteiger partial charge < -0.3 is 5.32 Å². The zero-order valence-electron chi connectivity index (χ0n) is 15.6. The summed E-state index contributed by atoms with van der Waals surface area (Å²) in [5, 5.41) is 12.6. The smallest absolute Gasteiger partial charge is 0.258 e. The number of anilines is 1. The lowest BCUT2D eigenvalue weighted by Gasteiger charge is -2.14. The SMILES string of the molecule is CC(C)(C#N)c1ccc(C(=O)Nc2ccc(Cc3cccc(Cl)c3)cn2)cn1. The zero-order chi connectivity index (χ0) is 20.1. The summed E-state index contributed by atoms with van der Waals surface area (Å²) in [4.78, 5) is 20.9. The van der Waals surface area contributed by atoms with Gasteiger partial charge in [-0.1, -0.05) is 29.8 Å². The van der Waals surface area contributed by atoms with Gasteiger partial charge >= 0.3 is 0 Å². The average Bonchev–Trinajstić information content (AvgIpc) is 2.69. The number of rotatable bonds is 5. The van der Waals surface area contributed by atoms with Gasteiger partial charge in [-0.3, -0.25) is 9.78 Å². The summed E-state index contributed by atoms with van der Waals surface area (Å²) in [6, 6.07) is 16.9. The van der Waals surface area contributed by atoms with E-state index in [-0.39, 0.29) is 5.91 Å². The number of aromatic nitrogens is 2. The lowest BCUT2D eigenvalue weighted by Crippen LogP contribution is -2.18. The van der Waals surface area contributed by atoms with Crippen molar-refractivity contribution in [2.75, 3.05) is 5.32 Å². The van der Waals surface area contributed by atoms with Gasteiger partial charge in [0.25, 0.3) is 5.91 Å². The number of hydrogen-bond donors (Lipinski definition) is 1. The maximum Gasteiger partial charge on any atom is 0.258 e. The van der Waals surface area contributed by atoms with Crippen molar-refractivity contribution in [2.24, 2.45) is 0 Å². The molecule has 0 aliphatic heterocycles. The largest absolute Gasteiger partial charge is 0.307 e. The Bertz CT molecular complexity index is 1020. The lowest BCUT2D eigenvalue weighted by molar-refractivity contribution is 0.102. The summed E-state index contributed by atoms with van der Waals surface area (Å²) in [7, 11) is 0. The van der Waals surface area contributed by atoms with E-state index in [1.807, 2.05) is 30.3 Å². The van der Waals surface area contributed by atoms with Crippen molar-refractivity contribution in [1.82, 2.24) is 9.97 Å². The molecule has 0 saturated heterocycles. The van der Waals surface area contributed by atoms with Crippen LogP contribution in [0.5, 0.6) is 0 Å². The first kappa shape index (κ1) is 19.5. The van der Waals surface area contributed by atoms with Gasteiger partial charge in [-0.25, -0.2) is 4.98 Å². The highest BCUT2D eigenvalue weighted by Gasteiger charge is 2.21. The number of amides is 1. The van der Waals surface area contributed by atoms with E-state index in [2.05, 4.69) is 21.4 Å². The zero-order valence-corrected chi connectivity index (χ0v) is 16.4. The highest BCUT2D eigenvalue weighted by Crippen LogP contribution is 2.20. The predicted molar refractivity (Wildman–Crippen MR) is 109 cm³/mol. The van der Waals surface area contributed by atoms with Crippen LogP contribution in [0.1, 0.15) is 41.0 Å². The number of hydrogen-bond acceptors (Lipinski definition) is 4. The van der Waals surface area contributed by atoms with Crippen molar-refractivity contribution in [2.45, 2.75) is 25.7 Å². The van der Waals surface area contributed by atoms with Gasteiger partial charge in [0.1, 0.15) is 5.82 Å². The molecule has 3 aromatic rings. The number of nitriles is 1. The minimum absolute atomic E-state index is 0.302. The fourth-order valence-corrected chi connectivity index (χ4v) is 2.84. The molecule has 0 saturated carbocycles. The molecule has 1 amide bonds. The van der Waals surface area contributed by atoms with Gasteiger partial charge in [0.2, 0.25) is 0 Å². The van der Waals surface area contributed by atoms with E-state index in [0.29, 0.717) is 28.5 Å². The molecule has 0 aliphatic rings. The van der Waals surface area contributed by atoms with Gasteiger partial charge in [0.15, 0.2) is 0 Å². The van der Waals surface area contributed by atoms with Crippen molar-refractivity contribution >= 4 is 23.3 Å². The molecule has 6 heteroatoms. The standard InChI is InChI=1S/C22H19ClN4O/c1-22(2,14-24)19-8-7-17(13-25-19)21(28)27-20-9-6-16(12-26-20)10-15-4-3-5-18(23)11-15/h3-9,11-13H,10H2,1-2H3,(H,26,27,28). The Morgan fingerprint density at radius 1 is 1.11 bits per heavy atom. The molecule has 0 spiro atoms. The van der Waals surface area contributed by atoms with E-state index >= 15 is 0 Å². The van der Waals surface area contributed by atoms with E-state index in [0.717, 1.165) is 11.1 Å². The van der Waals surface area contributed by atoms with Crippen LogP contribution in [0.25, 0.3) is 0 Å². The first-order valence-electron chi connectivity index (χ1n) is 8.76. The molecule has 5 nitrogen and oxygen atoms in total. The summed E-state index contributed by atoms with van der Waals surface area (Å²) in [6.07, 6.45) is 3.91. The van der Waals surface area contributed by atoms with Crippen molar-refractivity contribution in [1.29, 1.82) is 5.26 Å². The third kappa shape index (κ3) is 4.73. The third-order valence-electron chi connectivity index (χ3n) is 4.31. The Kier molecular flexibility index (Phi) is 5.72. The molecule has 1 N–H and O–H groups in total. The molecule has 140 valence electrons. The van der Waals surface area contributed by atoms with Crippen molar-refractivity contribution in [3.8, 4) is 6.07 Å². The second kappa shape index (κ2) is 8.20. The number of nitrogens with one attached hydrogen (secondary N) is 1. The van der Waals surface area contributed by atoms with Gasteiger partial charge in [-0.2, -0.15) is 5.26 Å². The Balaban J connectivity index is 1.65. The molecule has 0 radical (unpaired) electrons. The lowest BCUT2D eigenvalue weighted by atomic mass is 9.91. The summed E-state index contributed by atoms with van der Waals surface area (Å²) < 4.78 is 0. The molecule has 28 heavy (non-hydrogen) atoms.